The molecule has 0 unspecified atom stereocenters. The number of hydrogen-bond acceptors (Lipinski definition) is 2. The van der Waals surface area contributed by atoms with Crippen molar-refractivity contribution in [2.24, 2.45) is 0 Å². The molecule has 1 aromatic rings. The smallest absolute Gasteiger partial charge is 0.105 e. The van der Waals surface area contributed by atoms with Crippen LogP contribution in [0, 0.1) is 25.7 Å². The fourth-order valence-corrected chi connectivity index (χ4v) is 1.21. The first-order valence-electron chi connectivity index (χ1n) is 4.40. The molecule has 0 bridgehead atoms. The Labute approximate surface area is 79.3 Å². The van der Waals surface area contributed by atoms with Crippen LogP contribution in [0.25, 0.3) is 0 Å². The highest BCUT2D eigenvalue weighted by atomic mass is 16.3. The molecule has 2 nitrogen and oxygen atoms in total. The van der Waals surface area contributed by atoms with Crippen LogP contribution in [0.5, 0.6) is 0 Å². The molecule has 0 aliphatic rings. The minimum absolute atomic E-state index is 0.736. The molecule has 0 aliphatic heterocycles. The first-order valence-corrected chi connectivity index (χ1v) is 4.40. The van der Waals surface area contributed by atoms with E-state index in [1.807, 2.05) is 20.8 Å². The molecule has 0 radical (unpaired) electrons. The quantitative estimate of drug-likeness (QED) is 0.564. The van der Waals surface area contributed by atoms with Gasteiger partial charge < -0.3 is 9.73 Å². The summed E-state index contributed by atoms with van der Waals surface area (Å²) in [7, 11) is 0. The van der Waals surface area contributed by atoms with E-state index in [4.69, 9.17) is 4.42 Å². The molecule has 13 heavy (non-hydrogen) atoms. The van der Waals surface area contributed by atoms with Gasteiger partial charge >= 0.3 is 0 Å². The van der Waals surface area contributed by atoms with Gasteiger partial charge in [0.05, 0.1) is 6.54 Å². The SMILES string of the molecule is CC#CCNCc1cc(C)oc1C. The largest absolute Gasteiger partial charge is 0.466 e. The Balaban J connectivity index is 2.43. The minimum atomic E-state index is 0.736. The molecular weight excluding hydrogens is 162 g/mol. The van der Waals surface area contributed by atoms with Gasteiger partial charge in [0.25, 0.3) is 0 Å². The molecule has 2 heteroatoms. The van der Waals surface area contributed by atoms with E-state index in [-0.39, 0.29) is 0 Å². The molecule has 0 spiro atoms. The maximum atomic E-state index is 5.40. The van der Waals surface area contributed by atoms with E-state index in [1.54, 1.807) is 0 Å². The third kappa shape index (κ3) is 2.96. The number of nitrogens with one attached hydrogen (secondary N) is 1. The van der Waals surface area contributed by atoms with Crippen LogP contribution in [-0.4, -0.2) is 6.54 Å². The maximum Gasteiger partial charge on any atom is 0.105 e. The van der Waals surface area contributed by atoms with E-state index in [0.29, 0.717) is 0 Å². The summed E-state index contributed by atoms with van der Waals surface area (Å²) in [6.07, 6.45) is 0. The summed E-state index contributed by atoms with van der Waals surface area (Å²) in [5, 5.41) is 3.22. The van der Waals surface area contributed by atoms with Crippen LogP contribution in [0.15, 0.2) is 10.5 Å². The van der Waals surface area contributed by atoms with Crippen molar-refractivity contribution in [3.63, 3.8) is 0 Å². The molecule has 1 heterocycles. The molecule has 1 rings (SSSR count). The van der Waals surface area contributed by atoms with Crippen molar-refractivity contribution in [3.05, 3.63) is 23.2 Å². The van der Waals surface area contributed by atoms with Gasteiger partial charge in [0, 0.05) is 12.1 Å². The van der Waals surface area contributed by atoms with Gasteiger partial charge in [-0.3, -0.25) is 0 Å². The van der Waals surface area contributed by atoms with Crippen LogP contribution < -0.4 is 5.32 Å². The van der Waals surface area contributed by atoms with Crippen LogP contribution in [0.1, 0.15) is 24.0 Å². The lowest BCUT2D eigenvalue weighted by molar-refractivity contribution is 0.500. The third-order valence-electron chi connectivity index (χ3n) is 1.85. The maximum absolute atomic E-state index is 5.40. The fourth-order valence-electron chi connectivity index (χ4n) is 1.21. The molecule has 0 saturated carbocycles. The van der Waals surface area contributed by atoms with Gasteiger partial charge in [-0.05, 0) is 26.8 Å². The third-order valence-corrected chi connectivity index (χ3v) is 1.85. The zero-order valence-corrected chi connectivity index (χ0v) is 8.40. The van der Waals surface area contributed by atoms with Crippen molar-refractivity contribution in [1.82, 2.24) is 5.32 Å². The standard InChI is InChI=1S/C11H15NO/c1-4-5-6-12-8-11-7-9(2)13-10(11)3/h7,12H,6,8H2,1-3H3. The highest BCUT2D eigenvalue weighted by molar-refractivity contribution is 5.19. The molecule has 0 aromatic carbocycles. The van der Waals surface area contributed by atoms with Gasteiger partial charge in [0.1, 0.15) is 11.5 Å². The number of aryl methyl sites for hydroxylation is 2. The van der Waals surface area contributed by atoms with Crippen molar-refractivity contribution in [1.29, 1.82) is 0 Å². The van der Waals surface area contributed by atoms with E-state index >= 15 is 0 Å². The molecule has 0 fully saturated rings. The van der Waals surface area contributed by atoms with E-state index in [9.17, 15) is 0 Å². The Kier molecular flexibility index (Phi) is 3.60. The first-order chi connectivity index (χ1) is 6.24. The lowest BCUT2D eigenvalue weighted by atomic mass is 10.2. The van der Waals surface area contributed by atoms with Crippen LogP contribution in [0.2, 0.25) is 0 Å². The Morgan fingerprint density at radius 1 is 1.46 bits per heavy atom. The fraction of sp³-hybridized carbons (Fsp3) is 0.455. The topological polar surface area (TPSA) is 25.2 Å². The van der Waals surface area contributed by atoms with Crippen LogP contribution in [0.3, 0.4) is 0 Å². The van der Waals surface area contributed by atoms with Crippen molar-refractivity contribution < 1.29 is 4.42 Å². The van der Waals surface area contributed by atoms with Crippen molar-refractivity contribution >= 4 is 0 Å². The Morgan fingerprint density at radius 3 is 2.77 bits per heavy atom. The molecule has 70 valence electrons. The Hall–Kier alpha value is -1.20. The zero-order chi connectivity index (χ0) is 9.68. The van der Waals surface area contributed by atoms with Gasteiger partial charge in [0.2, 0.25) is 0 Å². The zero-order valence-electron chi connectivity index (χ0n) is 8.40. The summed E-state index contributed by atoms with van der Waals surface area (Å²) in [6.45, 7) is 7.35. The van der Waals surface area contributed by atoms with E-state index in [0.717, 1.165) is 24.6 Å². The number of hydrogen-bond donors (Lipinski definition) is 1. The normalized spacial score (nSPS) is 9.46. The molecule has 0 atom stereocenters. The second kappa shape index (κ2) is 4.74. The van der Waals surface area contributed by atoms with E-state index in [2.05, 4.69) is 23.2 Å². The Morgan fingerprint density at radius 2 is 2.23 bits per heavy atom. The Bertz CT molecular complexity index is 328. The first kappa shape index (κ1) is 9.88. The second-order valence-electron chi connectivity index (χ2n) is 2.97. The summed E-state index contributed by atoms with van der Waals surface area (Å²) in [5.74, 6) is 7.75. The lowest BCUT2D eigenvalue weighted by Gasteiger charge is -1.97. The highest BCUT2D eigenvalue weighted by Crippen LogP contribution is 2.12. The van der Waals surface area contributed by atoms with Crippen LogP contribution in [0.4, 0.5) is 0 Å². The predicted octanol–water partition coefficient (Wildman–Crippen LogP) is 2.01. The molecule has 0 saturated heterocycles. The van der Waals surface area contributed by atoms with Crippen molar-refractivity contribution in [3.8, 4) is 11.8 Å². The van der Waals surface area contributed by atoms with Crippen LogP contribution in [-0.2, 0) is 6.54 Å². The number of furan rings is 1. The minimum Gasteiger partial charge on any atom is -0.466 e. The summed E-state index contributed by atoms with van der Waals surface area (Å²) < 4.78 is 5.40. The average Bonchev–Trinajstić information content (AvgIpc) is 2.39. The van der Waals surface area contributed by atoms with Gasteiger partial charge in [-0.15, -0.1) is 5.92 Å². The molecular formula is C11H15NO. The van der Waals surface area contributed by atoms with E-state index in [1.165, 1.54) is 5.56 Å². The van der Waals surface area contributed by atoms with Gasteiger partial charge in [-0.2, -0.15) is 0 Å². The van der Waals surface area contributed by atoms with Crippen molar-refractivity contribution in [2.45, 2.75) is 27.3 Å². The molecule has 0 amide bonds. The van der Waals surface area contributed by atoms with Crippen molar-refractivity contribution in [2.75, 3.05) is 6.54 Å². The molecule has 1 N–H and O–H groups in total. The summed E-state index contributed by atoms with van der Waals surface area (Å²) >= 11 is 0. The predicted molar refractivity (Wildman–Crippen MR) is 53.3 cm³/mol. The monoisotopic (exact) mass is 177 g/mol. The van der Waals surface area contributed by atoms with E-state index < -0.39 is 0 Å². The molecule has 0 aliphatic carbocycles. The molecule has 1 aromatic heterocycles. The summed E-state index contributed by atoms with van der Waals surface area (Å²) in [6, 6.07) is 2.06. The lowest BCUT2D eigenvalue weighted by Crippen LogP contribution is -2.13. The highest BCUT2D eigenvalue weighted by Gasteiger charge is 2.02. The average molecular weight is 177 g/mol. The summed E-state index contributed by atoms with van der Waals surface area (Å²) in [4.78, 5) is 0. The number of rotatable bonds is 3. The van der Waals surface area contributed by atoms with Gasteiger partial charge in [-0.25, -0.2) is 0 Å². The van der Waals surface area contributed by atoms with Gasteiger partial charge in [-0.1, -0.05) is 5.92 Å². The summed E-state index contributed by atoms with van der Waals surface area (Å²) in [5.41, 5.74) is 1.22. The van der Waals surface area contributed by atoms with Crippen LogP contribution >= 0.6 is 0 Å². The second-order valence-corrected chi connectivity index (χ2v) is 2.97. The van der Waals surface area contributed by atoms with Gasteiger partial charge in [0.15, 0.2) is 0 Å².